The van der Waals surface area contributed by atoms with Gasteiger partial charge in [0, 0.05) is 33.6 Å². The topological polar surface area (TPSA) is 90.0 Å². The number of benzene rings is 3. The van der Waals surface area contributed by atoms with Gasteiger partial charge in [0.15, 0.2) is 0 Å². The molecule has 0 heterocycles. The lowest BCUT2D eigenvalue weighted by Crippen LogP contribution is -2.54. The van der Waals surface area contributed by atoms with E-state index in [9.17, 15) is 22.4 Å². The van der Waals surface area contributed by atoms with Gasteiger partial charge in [-0.2, -0.15) is 12.7 Å². The third-order valence-corrected chi connectivity index (χ3v) is 7.97. The second-order valence-corrected chi connectivity index (χ2v) is 11.3. The van der Waals surface area contributed by atoms with Crippen LogP contribution in [0.5, 0.6) is 0 Å². The number of anilines is 1. The van der Waals surface area contributed by atoms with Gasteiger partial charge in [0.2, 0.25) is 11.8 Å². The van der Waals surface area contributed by atoms with Crippen molar-refractivity contribution in [2.75, 3.05) is 31.5 Å². The second kappa shape index (κ2) is 13.9. The molecular formula is C29H35FN4O4S. The van der Waals surface area contributed by atoms with Gasteiger partial charge in [-0.25, -0.2) is 8.70 Å². The zero-order chi connectivity index (χ0) is 28.4. The Morgan fingerprint density at radius 1 is 0.872 bits per heavy atom. The number of hydrogen-bond donors (Lipinski definition) is 1. The number of hydrogen-bond acceptors (Lipinski definition) is 4. The van der Waals surface area contributed by atoms with Crippen molar-refractivity contribution in [2.24, 2.45) is 0 Å². The molecule has 1 N–H and O–H groups in total. The van der Waals surface area contributed by atoms with E-state index in [2.05, 4.69) is 5.32 Å². The van der Waals surface area contributed by atoms with Gasteiger partial charge in [-0.3, -0.25) is 9.59 Å². The number of carbonyl (C=O) groups is 2. The van der Waals surface area contributed by atoms with Crippen molar-refractivity contribution in [1.82, 2.24) is 14.5 Å². The largest absolute Gasteiger partial charge is 0.354 e. The minimum absolute atomic E-state index is 0.0131. The molecule has 3 aromatic rings. The summed E-state index contributed by atoms with van der Waals surface area (Å²) in [6, 6.07) is 22.4. The van der Waals surface area contributed by atoms with Crippen LogP contribution in [0.2, 0.25) is 0 Å². The van der Waals surface area contributed by atoms with Crippen LogP contribution < -0.4 is 9.62 Å². The molecule has 1 atom stereocenters. The van der Waals surface area contributed by atoms with Gasteiger partial charge in [0.25, 0.3) is 0 Å². The average Bonchev–Trinajstić information content (AvgIpc) is 2.94. The summed E-state index contributed by atoms with van der Waals surface area (Å²) in [6.07, 6.45) is 0.924. The maximum Gasteiger partial charge on any atom is 0.304 e. The fourth-order valence-corrected chi connectivity index (χ4v) is 5.07. The molecule has 208 valence electrons. The van der Waals surface area contributed by atoms with E-state index < -0.39 is 34.5 Å². The van der Waals surface area contributed by atoms with Crippen molar-refractivity contribution in [3.05, 3.63) is 102 Å². The van der Waals surface area contributed by atoms with Crippen LogP contribution in [0, 0.1) is 5.82 Å². The van der Waals surface area contributed by atoms with Crippen molar-refractivity contribution in [3.8, 4) is 0 Å². The molecule has 3 aromatic carbocycles. The number of halogens is 1. The predicted octanol–water partition coefficient (Wildman–Crippen LogP) is 3.60. The fraction of sp³-hybridized carbons (Fsp3) is 0.310. The fourth-order valence-electron chi connectivity index (χ4n) is 4.02. The first-order valence-electron chi connectivity index (χ1n) is 12.7. The van der Waals surface area contributed by atoms with Crippen molar-refractivity contribution >= 4 is 27.7 Å². The highest BCUT2D eigenvalue weighted by Crippen LogP contribution is 2.21. The molecule has 0 aliphatic carbocycles. The van der Waals surface area contributed by atoms with Gasteiger partial charge in [-0.1, -0.05) is 67.6 Å². The van der Waals surface area contributed by atoms with Crippen molar-refractivity contribution in [3.63, 3.8) is 0 Å². The number of nitrogens with one attached hydrogen (secondary N) is 1. The molecule has 0 aliphatic heterocycles. The minimum atomic E-state index is -4.05. The lowest BCUT2D eigenvalue weighted by atomic mass is 10.0. The molecule has 10 heteroatoms. The summed E-state index contributed by atoms with van der Waals surface area (Å²) in [5.41, 5.74) is 1.76. The molecule has 2 amide bonds. The van der Waals surface area contributed by atoms with Crippen LogP contribution in [-0.2, 0) is 32.8 Å². The van der Waals surface area contributed by atoms with Crippen molar-refractivity contribution < 1.29 is 22.4 Å². The van der Waals surface area contributed by atoms with Crippen LogP contribution >= 0.6 is 0 Å². The summed E-state index contributed by atoms with van der Waals surface area (Å²) in [5.74, 6) is -1.34. The molecule has 0 aromatic heterocycles. The summed E-state index contributed by atoms with van der Waals surface area (Å²) in [7, 11) is -1.27. The Hall–Kier alpha value is -3.76. The van der Waals surface area contributed by atoms with Crippen LogP contribution in [0.3, 0.4) is 0 Å². The lowest BCUT2D eigenvalue weighted by molar-refractivity contribution is -0.140. The van der Waals surface area contributed by atoms with Gasteiger partial charge >= 0.3 is 10.2 Å². The van der Waals surface area contributed by atoms with Gasteiger partial charge in [0.05, 0.1) is 5.69 Å². The Bertz CT molecular complexity index is 1320. The Morgan fingerprint density at radius 2 is 1.46 bits per heavy atom. The first-order chi connectivity index (χ1) is 18.6. The third-order valence-electron chi connectivity index (χ3n) is 6.15. The molecule has 8 nitrogen and oxygen atoms in total. The normalized spacial score (nSPS) is 12.1. The molecule has 0 saturated carbocycles. The zero-order valence-electron chi connectivity index (χ0n) is 22.5. The van der Waals surface area contributed by atoms with Crippen LogP contribution in [0.15, 0.2) is 84.9 Å². The molecule has 39 heavy (non-hydrogen) atoms. The molecule has 0 saturated heterocycles. The highest BCUT2D eigenvalue weighted by atomic mass is 32.2. The van der Waals surface area contributed by atoms with Gasteiger partial charge in [0.1, 0.15) is 18.4 Å². The zero-order valence-corrected chi connectivity index (χ0v) is 23.3. The summed E-state index contributed by atoms with van der Waals surface area (Å²) in [4.78, 5) is 28.9. The quantitative estimate of drug-likeness (QED) is 0.350. The number of para-hydroxylation sites is 1. The Balaban J connectivity index is 2.05. The maximum absolute atomic E-state index is 14.0. The summed E-state index contributed by atoms with van der Waals surface area (Å²) < 4.78 is 42.3. The molecule has 0 radical (unpaired) electrons. The summed E-state index contributed by atoms with van der Waals surface area (Å²) in [5, 5.41) is 2.88. The van der Waals surface area contributed by atoms with Crippen molar-refractivity contribution in [2.45, 2.75) is 32.4 Å². The van der Waals surface area contributed by atoms with Gasteiger partial charge < -0.3 is 10.2 Å². The van der Waals surface area contributed by atoms with E-state index in [1.807, 2.05) is 37.3 Å². The average molecular weight is 555 g/mol. The Morgan fingerprint density at radius 3 is 2.03 bits per heavy atom. The van der Waals surface area contributed by atoms with E-state index in [1.165, 1.54) is 31.1 Å². The highest BCUT2D eigenvalue weighted by Gasteiger charge is 2.34. The van der Waals surface area contributed by atoms with E-state index in [1.54, 1.807) is 42.5 Å². The lowest BCUT2D eigenvalue weighted by Gasteiger charge is -2.34. The molecule has 0 fully saturated rings. The number of nitrogens with zero attached hydrogens (tertiary/aromatic N) is 3. The van der Waals surface area contributed by atoms with E-state index in [0.717, 1.165) is 14.2 Å². The van der Waals surface area contributed by atoms with Crippen molar-refractivity contribution in [1.29, 1.82) is 0 Å². The van der Waals surface area contributed by atoms with E-state index >= 15 is 0 Å². The highest BCUT2D eigenvalue weighted by molar-refractivity contribution is 7.90. The SMILES string of the molecule is CCCNC(=O)[C@H](Cc1ccccc1)N(Cc1ccc(F)cc1)C(=O)CN(c1ccccc1)S(=O)(=O)N(C)C. The standard InChI is InChI=1S/C29H35FN4O4S/c1-4-19-31-29(36)27(20-23-11-7-5-8-12-23)33(21-24-15-17-25(30)18-16-24)28(35)22-34(39(37,38)32(2)3)26-13-9-6-10-14-26/h5-18,27H,4,19-22H2,1-3H3,(H,31,36)/t27-/m0/s1. The van der Waals surface area contributed by atoms with E-state index in [4.69, 9.17) is 0 Å². The van der Waals surface area contributed by atoms with Crippen LogP contribution in [0.25, 0.3) is 0 Å². The van der Waals surface area contributed by atoms with Crippen LogP contribution in [0.1, 0.15) is 24.5 Å². The predicted molar refractivity (Wildman–Crippen MR) is 151 cm³/mol. The third kappa shape index (κ3) is 8.11. The maximum atomic E-state index is 14.0. The van der Waals surface area contributed by atoms with Crippen LogP contribution in [0.4, 0.5) is 10.1 Å². The minimum Gasteiger partial charge on any atom is -0.354 e. The molecule has 0 unspecified atom stereocenters. The molecule has 0 spiro atoms. The van der Waals surface area contributed by atoms with Crippen LogP contribution in [-0.4, -0.2) is 62.7 Å². The summed E-state index contributed by atoms with van der Waals surface area (Å²) >= 11 is 0. The molecule has 0 bridgehead atoms. The Labute approximate surface area is 230 Å². The molecule has 0 aliphatic rings. The monoisotopic (exact) mass is 554 g/mol. The van der Waals surface area contributed by atoms with Gasteiger partial charge in [-0.15, -0.1) is 0 Å². The summed E-state index contributed by atoms with van der Waals surface area (Å²) in [6.45, 7) is 1.81. The second-order valence-electron chi connectivity index (χ2n) is 9.28. The van der Waals surface area contributed by atoms with E-state index in [-0.39, 0.29) is 18.9 Å². The smallest absolute Gasteiger partial charge is 0.304 e. The molecule has 3 rings (SSSR count). The first kappa shape index (κ1) is 29.8. The number of rotatable bonds is 13. The van der Waals surface area contributed by atoms with Gasteiger partial charge in [-0.05, 0) is 41.8 Å². The first-order valence-corrected chi connectivity index (χ1v) is 14.1. The Kier molecular flexibility index (Phi) is 10.6. The number of amides is 2. The van der Waals surface area contributed by atoms with E-state index in [0.29, 0.717) is 24.2 Å². The number of carbonyl (C=O) groups excluding carboxylic acids is 2. The molecular weight excluding hydrogens is 519 g/mol.